The summed E-state index contributed by atoms with van der Waals surface area (Å²) in [6.07, 6.45) is 1.89. The van der Waals surface area contributed by atoms with Gasteiger partial charge in [-0.2, -0.15) is 0 Å². The Bertz CT molecular complexity index is 1600. The molecule has 1 aromatic heterocycles. The SMILES string of the molecule is COc1cccc(CN2C[C@H]3C[C@H]2C(=O)N2CCC(CC2)CN(C(=O)c2ccccc2F)CCOCCOc2cccc(n2)C(=O)N3)c1. The number of pyridine rings is 1. The molecule has 48 heavy (non-hydrogen) atoms. The second kappa shape index (κ2) is 15.6. The minimum absolute atomic E-state index is 0.0278. The van der Waals surface area contributed by atoms with E-state index in [1.165, 1.54) is 12.1 Å². The second-order valence-electron chi connectivity index (χ2n) is 12.5. The molecule has 3 amide bonds. The van der Waals surface area contributed by atoms with Crippen LogP contribution in [0.25, 0.3) is 0 Å². The maximum atomic E-state index is 14.6. The highest BCUT2D eigenvalue weighted by Gasteiger charge is 2.40. The Kier molecular flexibility index (Phi) is 10.8. The molecule has 2 atom stereocenters. The Balaban J connectivity index is 1.22. The van der Waals surface area contributed by atoms with Gasteiger partial charge in [-0.1, -0.05) is 30.3 Å². The van der Waals surface area contributed by atoms with Crippen molar-refractivity contribution in [1.82, 2.24) is 25.0 Å². The highest BCUT2D eigenvalue weighted by atomic mass is 19.1. The summed E-state index contributed by atoms with van der Waals surface area (Å²) < 4.78 is 31.6. The number of aromatic nitrogens is 1. The van der Waals surface area contributed by atoms with Crippen LogP contribution in [0.2, 0.25) is 0 Å². The van der Waals surface area contributed by atoms with Gasteiger partial charge in [0.05, 0.1) is 31.9 Å². The van der Waals surface area contributed by atoms with Crippen LogP contribution in [0.5, 0.6) is 11.6 Å². The first-order valence-electron chi connectivity index (χ1n) is 16.6. The molecule has 6 bridgehead atoms. The lowest BCUT2D eigenvalue weighted by molar-refractivity contribution is -0.137. The van der Waals surface area contributed by atoms with Gasteiger partial charge in [0.15, 0.2) is 0 Å². The molecule has 0 radical (unpaired) electrons. The lowest BCUT2D eigenvalue weighted by Crippen LogP contribution is -2.49. The van der Waals surface area contributed by atoms with E-state index >= 15 is 0 Å². The van der Waals surface area contributed by atoms with Gasteiger partial charge in [0.25, 0.3) is 11.8 Å². The van der Waals surface area contributed by atoms with Crippen LogP contribution >= 0.6 is 0 Å². The third-order valence-corrected chi connectivity index (χ3v) is 9.28. The standard InChI is InChI=1S/C36H42FN5O6/c1-46-28-7-4-6-26(20-28)23-42-24-27-21-32(42)36(45)40-14-12-25(13-15-40)22-41(35(44)29-8-2-3-9-30(29)37)16-17-47-18-19-48-33-11-5-10-31(39-33)34(43)38-27/h2-11,20,25,27,32H,12-19,21-24H2,1H3,(H,38,43)/t27-,32+/m1/s1. The number of hydrogen-bond acceptors (Lipinski definition) is 8. The van der Waals surface area contributed by atoms with Crippen LogP contribution in [0.3, 0.4) is 0 Å². The number of carbonyl (C=O) groups excluding carboxylic acids is 3. The van der Waals surface area contributed by atoms with Crippen LogP contribution in [-0.4, -0.2) is 109 Å². The van der Waals surface area contributed by atoms with E-state index < -0.39 is 11.9 Å². The fourth-order valence-electron chi connectivity index (χ4n) is 6.75. The number of halogens is 1. The maximum Gasteiger partial charge on any atom is 0.270 e. The molecule has 0 saturated carbocycles. The Labute approximate surface area is 280 Å². The number of piperidine rings is 1. The molecule has 3 aromatic rings. The van der Waals surface area contributed by atoms with Crippen molar-refractivity contribution in [2.24, 2.45) is 5.92 Å². The summed E-state index contributed by atoms with van der Waals surface area (Å²) in [5.74, 6) is -0.0740. The smallest absolute Gasteiger partial charge is 0.270 e. The molecule has 7 rings (SSSR count). The highest BCUT2D eigenvalue weighted by Crippen LogP contribution is 2.27. The van der Waals surface area contributed by atoms with Crippen molar-refractivity contribution in [1.29, 1.82) is 0 Å². The van der Waals surface area contributed by atoms with E-state index in [1.807, 2.05) is 29.2 Å². The summed E-state index contributed by atoms with van der Waals surface area (Å²) in [5.41, 5.74) is 1.26. The average Bonchev–Trinajstić information content (AvgIpc) is 3.50. The topological polar surface area (TPSA) is 114 Å². The van der Waals surface area contributed by atoms with Crippen molar-refractivity contribution in [2.75, 3.05) is 59.7 Å². The third-order valence-electron chi connectivity index (χ3n) is 9.28. The van der Waals surface area contributed by atoms with Gasteiger partial charge in [-0.15, -0.1) is 0 Å². The minimum atomic E-state index is -0.560. The van der Waals surface area contributed by atoms with Crippen molar-refractivity contribution >= 4 is 17.7 Å². The van der Waals surface area contributed by atoms with Gasteiger partial charge in [-0.25, -0.2) is 9.37 Å². The van der Waals surface area contributed by atoms with Crippen LogP contribution in [0, 0.1) is 11.7 Å². The summed E-state index contributed by atoms with van der Waals surface area (Å²) in [4.78, 5) is 51.0. The number of likely N-dealkylation sites (tertiary alicyclic amines) is 1. The third kappa shape index (κ3) is 8.11. The molecule has 254 valence electrons. The normalized spacial score (nSPS) is 22.8. The molecule has 4 aliphatic rings. The molecular weight excluding hydrogens is 617 g/mol. The number of methoxy groups -OCH3 is 1. The number of hydrogen-bond donors (Lipinski definition) is 1. The zero-order valence-electron chi connectivity index (χ0n) is 27.2. The van der Waals surface area contributed by atoms with Crippen LogP contribution in [0.1, 0.15) is 45.7 Å². The molecule has 2 fully saturated rings. The van der Waals surface area contributed by atoms with Crippen LogP contribution in [-0.2, 0) is 16.1 Å². The lowest BCUT2D eigenvalue weighted by atomic mass is 9.95. The van der Waals surface area contributed by atoms with Crippen molar-refractivity contribution in [3.8, 4) is 11.6 Å². The van der Waals surface area contributed by atoms with E-state index in [0.717, 1.165) is 11.3 Å². The molecule has 5 heterocycles. The largest absolute Gasteiger partial charge is 0.497 e. The molecule has 4 aliphatic heterocycles. The summed E-state index contributed by atoms with van der Waals surface area (Å²) in [7, 11) is 1.62. The predicted octanol–water partition coefficient (Wildman–Crippen LogP) is 3.39. The van der Waals surface area contributed by atoms with Gasteiger partial charge in [0.2, 0.25) is 11.8 Å². The van der Waals surface area contributed by atoms with E-state index in [4.69, 9.17) is 14.2 Å². The second-order valence-corrected chi connectivity index (χ2v) is 12.5. The Morgan fingerprint density at radius 1 is 0.979 bits per heavy atom. The van der Waals surface area contributed by atoms with Gasteiger partial charge >= 0.3 is 0 Å². The lowest BCUT2D eigenvalue weighted by Gasteiger charge is -2.37. The molecule has 12 heteroatoms. The highest BCUT2D eigenvalue weighted by molar-refractivity contribution is 5.94. The van der Waals surface area contributed by atoms with Gasteiger partial charge in [0, 0.05) is 51.4 Å². The number of carbonyl (C=O) groups is 3. The fourth-order valence-corrected chi connectivity index (χ4v) is 6.75. The van der Waals surface area contributed by atoms with E-state index in [1.54, 1.807) is 42.3 Å². The molecule has 0 aliphatic carbocycles. The number of amides is 3. The molecule has 0 spiro atoms. The number of ether oxygens (including phenoxy) is 3. The predicted molar refractivity (Wildman–Crippen MR) is 175 cm³/mol. The zero-order chi connectivity index (χ0) is 33.5. The van der Waals surface area contributed by atoms with E-state index in [2.05, 4.69) is 15.2 Å². The Hall–Kier alpha value is -4.55. The van der Waals surface area contributed by atoms with Crippen molar-refractivity contribution < 1.29 is 33.0 Å². The van der Waals surface area contributed by atoms with Crippen molar-refractivity contribution in [3.05, 3.63) is 89.4 Å². The summed E-state index contributed by atoms with van der Waals surface area (Å²) in [5, 5.41) is 3.10. The first-order valence-corrected chi connectivity index (χ1v) is 16.6. The maximum absolute atomic E-state index is 14.6. The number of nitrogens with zero attached hydrogens (tertiary/aromatic N) is 4. The number of benzene rings is 2. The van der Waals surface area contributed by atoms with Crippen LogP contribution in [0.15, 0.2) is 66.7 Å². The van der Waals surface area contributed by atoms with Crippen molar-refractivity contribution in [3.63, 3.8) is 0 Å². The van der Waals surface area contributed by atoms with E-state index in [0.29, 0.717) is 52.0 Å². The first kappa shape index (κ1) is 33.4. The molecule has 1 N–H and O–H groups in total. The van der Waals surface area contributed by atoms with E-state index in [9.17, 15) is 18.8 Å². The molecule has 2 aromatic carbocycles. The Morgan fingerprint density at radius 3 is 2.60 bits per heavy atom. The van der Waals surface area contributed by atoms with Crippen LogP contribution < -0.4 is 14.8 Å². The van der Waals surface area contributed by atoms with E-state index in [-0.39, 0.29) is 73.2 Å². The summed E-state index contributed by atoms with van der Waals surface area (Å²) >= 11 is 0. The number of nitrogens with one attached hydrogen (secondary N) is 1. The van der Waals surface area contributed by atoms with Gasteiger partial charge in [-0.3, -0.25) is 19.3 Å². The molecule has 11 nitrogen and oxygen atoms in total. The number of fused-ring (bicyclic) bond motifs is 10. The minimum Gasteiger partial charge on any atom is -0.497 e. The summed E-state index contributed by atoms with van der Waals surface area (Å²) in [6, 6.07) is 18.1. The Morgan fingerprint density at radius 2 is 1.79 bits per heavy atom. The molecular formula is C36H42FN5O6. The fraction of sp³-hybridized carbons (Fsp3) is 0.444. The molecule has 0 unspecified atom stereocenters. The van der Waals surface area contributed by atoms with Crippen LogP contribution in [0.4, 0.5) is 4.39 Å². The molecule has 2 saturated heterocycles. The van der Waals surface area contributed by atoms with Gasteiger partial charge < -0.3 is 29.3 Å². The monoisotopic (exact) mass is 659 g/mol. The van der Waals surface area contributed by atoms with Crippen molar-refractivity contribution in [2.45, 2.75) is 37.9 Å². The summed E-state index contributed by atoms with van der Waals surface area (Å²) in [6.45, 7) is 3.52. The zero-order valence-corrected chi connectivity index (χ0v) is 27.2. The van der Waals surface area contributed by atoms with Gasteiger partial charge in [0.1, 0.15) is 23.9 Å². The first-order chi connectivity index (χ1) is 23.4. The average molecular weight is 660 g/mol. The quantitative estimate of drug-likeness (QED) is 0.425. The number of rotatable bonds is 4. The van der Waals surface area contributed by atoms with Gasteiger partial charge in [-0.05, 0) is 61.1 Å².